The van der Waals surface area contributed by atoms with Gasteiger partial charge >= 0.3 is 0 Å². The first-order valence-corrected chi connectivity index (χ1v) is 5.83. The molecule has 2 N–H and O–H groups in total. The zero-order valence-corrected chi connectivity index (χ0v) is 10.1. The molecular weight excluding hydrogens is 221 g/mol. The van der Waals surface area contributed by atoms with Gasteiger partial charge in [-0.25, -0.2) is 4.39 Å². The van der Waals surface area contributed by atoms with Crippen molar-refractivity contribution in [1.82, 2.24) is 4.90 Å². The first-order valence-electron chi connectivity index (χ1n) is 5.83. The molecule has 1 aromatic carbocycles. The molecule has 0 bridgehead atoms. The van der Waals surface area contributed by atoms with Crippen molar-refractivity contribution in [2.75, 3.05) is 26.8 Å². The second kappa shape index (κ2) is 7.37. The number of aliphatic hydroxyl groups excluding tert-OH is 2. The van der Waals surface area contributed by atoms with Crippen LogP contribution in [0.15, 0.2) is 24.3 Å². The number of aliphatic hydroxyl groups is 2. The van der Waals surface area contributed by atoms with Gasteiger partial charge in [0, 0.05) is 19.2 Å². The number of hydrogen-bond donors (Lipinski definition) is 2. The van der Waals surface area contributed by atoms with E-state index in [-0.39, 0.29) is 25.1 Å². The van der Waals surface area contributed by atoms with Gasteiger partial charge in [0.2, 0.25) is 0 Å². The van der Waals surface area contributed by atoms with E-state index in [2.05, 4.69) is 0 Å². The van der Waals surface area contributed by atoms with Gasteiger partial charge in [0.15, 0.2) is 0 Å². The summed E-state index contributed by atoms with van der Waals surface area (Å²) in [5.74, 6) is -0.226. The number of halogens is 1. The number of likely N-dealkylation sites (N-methyl/N-ethyl adjacent to an activating group) is 1. The molecule has 0 aliphatic carbocycles. The highest BCUT2D eigenvalue weighted by Gasteiger charge is 2.12. The molecule has 0 aliphatic heterocycles. The Morgan fingerprint density at radius 2 is 1.88 bits per heavy atom. The highest BCUT2D eigenvalue weighted by atomic mass is 19.1. The van der Waals surface area contributed by atoms with E-state index in [0.29, 0.717) is 6.42 Å². The van der Waals surface area contributed by atoms with Crippen LogP contribution in [0.4, 0.5) is 4.39 Å². The molecule has 0 saturated carbocycles. The van der Waals surface area contributed by atoms with Crippen molar-refractivity contribution in [3.8, 4) is 0 Å². The second-order valence-electron chi connectivity index (χ2n) is 4.21. The summed E-state index contributed by atoms with van der Waals surface area (Å²) in [5.41, 5.74) is 1.07. The number of hydrogen-bond acceptors (Lipinski definition) is 3. The maximum atomic E-state index is 12.7. The van der Waals surface area contributed by atoms with Gasteiger partial charge in [0.25, 0.3) is 0 Å². The van der Waals surface area contributed by atoms with E-state index >= 15 is 0 Å². The van der Waals surface area contributed by atoms with Gasteiger partial charge in [-0.1, -0.05) is 12.1 Å². The summed E-state index contributed by atoms with van der Waals surface area (Å²) in [4.78, 5) is 2.01. The predicted octanol–water partition coefficient (Wildman–Crippen LogP) is 1.04. The van der Waals surface area contributed by atoms with Crippen molar-refractivity contribution < 1.29 is 14.6 Å². The van der Waals surface area contributed by atoms with E-state index in [1.807, 2.05) is 11.9 Å². The SMILES string of the molecule is CN(CCc1ccc(F)cc1)C(CO)CCO. The van der Waals surface area contributed by atoms with Crippen molar-refractivity contribution in [3.63, 3.8) is 0 Å². The van der Waals surface area contributed by atoms with Crippen molar-refractivity contribution in [3.05, 3.63) is 35.6 Å². The predicted molar refractivity (Wildman–Crippen MR) is 65.3 cm³/mol. The average molecular weight is 241 g/mol. The Morgan fingerprint density at radius 3 is 2.41 bits per heavy atom. The van der Waals surface area contributed by atoms with Gasteiger partial charge in [-0.15, -0.1) is 0 Å². The van der Waals surface area contributed by atoms with Crippen LogP contribution in [0, 0.1) is 5.82 Å². The molecule has 0 heterocycles. The highest BCUT2D eigenvalue weighted by molar-refractivity contribution is 5.16. The summed E-state index contributed by atoms with van der Waals surface area (Å²) in [7, 11) is 1.92. The van der Waals surface area contributed by atoms with E-state index in [0.717, 1.165) is 18.5 Å². The molecule has 1 unspecified atom stereocenters. The van der Waals surface area contributed by atoms with E-state index in [9.17, 15) is 4.39 Å². The van der Waals surface area contributed by atoms with Crippen molar-refractivity contribution >= 4 is 0 Å². The first kappa shape index (κ1) is 14.1. The van der Waals surface area contributed by atoms with Gasteiger partial charge < -0.3 is 15.1 Å². The van der Waals surface area contributed by atoms with Crippen molar-refractivity contribution in [2.45, 2.75) is 18.9 Å². The van der Waals surface area contributed by atoms with E-state index < -0.39 is 0 Å². The molecule has 0 aliphatic rings. The Kier molecular flexibility index (Phi) is 6.11. The Hall–Kier alpha value is -0.970. The van der Waals surface area contributed by atoms with Crippen LogP contribution in [0.1, 0.15) is 12.0 Å². The smallest absolute Gasteiger partial charge is 0.123 e. The lowest BCUT2D eigenvalue weighted by molar-refractivity contribution is 0.120. The Bertz CT molecular complexity index is 316. The van der Waals surface area contributed by atoms with E-state index in [1.54, 1.807) is 12.1 Å². The quantitative estimate of drug-likeness (QED) is 0.749. The van der Waals surface area contributed by atoms with Crippen LogP contribution in [0.2, 0.25) is 0 Å². The van der Waals surface area contributed by atoms with Crippen LogP contribution >= 0.6 is 0 Å². The maximum absolute atomic E-state index is 12.7. The lowest BCUT2D eigenvalue weighted by Gasteiger charge is -2.25. The molecule has 3 nitrogen and oxygen atoms in total. The number of nitrogens with zero attached hydrogens (tertiary/aromatic N) is 1. The lowest BCUT2D eigenvalue weighted by atomic mass is 10.1. The lowest BCUT2D eigenvalue weighted by Crippen LogP contribution is -2.36. The third-order valence-corrected chi connectivity index (χ3v) is 2.96. The van der Waals surface area contributed by atoms with Gasteiger partial charge in [0.05, 0.1) is 6.61 Å². The highest BCUT2D eigenvalue weighted by Crippen LogP contribution is 2.06. The zero-order valence-electron chi connectivity index (χ0n) is 10.1. The minimum atomic E-state index is -0.226. The summed E-state index contributed by atoms with van der Waals surface area (Å²) < 4.78 is 12.7. The van der Waals surface area contributed by atoms with Crippen LogP contribution in [-0.2, 0) is 6.42 Å². The summed E-state index contributed by atoms with van der Waals surface area (Å²) >= 11 is 0. The summed E-state index contributed by atoms with van der Waals surface area (Å²) in [6.45, 7) is 0.892. The van der Waals surface area contributed by atoms with Crippen LogP contribution in [0.3, 0.4) is 0 Å². The molecule has 0 aromatic heterocycles. The number of rotatable bonds is 7. The largest absolute Gasteiger partial charge is 0.396 e. The molecule has 96 valence electrons. The van der Waals surface area contributed by atoms with Gasteiger partial charge in [-0.2, -0.15) is 0 Å². The molecule has 0 radical (unpaired) electrons. The Morgan fingerprint density at radius 1 is 1.24 bits per heavy atom. The third-order valence-electron chi connectivity index (χ3n) is 2.96. The van der Waals surface area contributed by atoms with Crippen molar-refractivity contribution in [2.24, 2.45) is 0 Å². The van der Waals surface area contributed by atoms with E-state index in [4.69, 9.17) is 10.2 Å². The average Bonchev–Trinajstić information content (AvgIpc) is 2.35. The summed E-state index contributed by atoms with van der Waals surface area (Å²) in [6, 6.07) is 6.42. The minimum Gasteiger partial charge on any atom is -0.396 e. The molecule has 0 amide bonds. The zero-order chi connectivity index (χ0) is 12.7. The fourth-order valence-electron chi connectivity index (χ4n) is 1.74. The molecule has 1 aromatic rings. The Labute approximate surface area is 101 Å². The molecule has 1 atom stereocenters. The van der Waals surface area contributed by atoms with E-state index in [1.165, 1.54) is 12.1 Å². The third kappa shape index (κ3) is 4.81. The van der Waals surface area contributed by atoms with Crippen LogP contribution < -0.4 is 0 Å². The van der Waals surface area contributed by atoms with Gasteiger partial charge in [0.1, 0.15) is 5.82 Å². The molecule has 0 fully saturated rings. The van der Waals surface area contributed by atoms with Gasteiger partial charge in [-0.05, 0) is 37.6 Å². The maximum Gasteiger partial charge on any atom is 0.123 e. The summed E-state index contributed by atoms with van der Waals surface area (Å²) in [6.07, 6.45) is 1.37. The molecule has 0 saturated heterocycles. The molecule has 17 heavy (non-hydrogen) atoms. The first-order chi connectivity index (χ1) is 8.17. The molecular formula is C13H20FNO2. The van der Waals surface area contributed by atoms with Crippen LogP contribution in [0.25, 0.3) is 0 Å². The molecule has 0 spiro atoms. The van der Waals surface area contributed by atoms with Gasteiger partial charge in [-0.3, -0.25) is 0 Å². The summed E-state index contributed by atoms with van der Waals surface area (Å²) in [5, 5.41) is 18.0. The molecule has 4 heteroatoms. The monoisotopic (exact) mass is 241 g/mol. The van der Waals surface area contributed by atoms with Crippen molar-refractivity contribution in [1.29, 1.82) is 0 Å². The second-order valence-corrected chi connectivity index (χ2v) is 4.21. The topological polar surface area (TPSA) is 43.7 Å². The fourth-order valence-corrected chi connectivity index (χ4v) is 1.74. The molecule has 1 rings (SSSR count). The Balaban J connectivity index is 2.41. The standard InChI is InChI=1S/C13H20FNO2/c1-15(13(10-17)7-9-16)8-6-11-2-4-12(14)5-3-11/h2-5,13,16-17H,6-10H2,1H3. The normalized spacial score (nSPS) is 13.0. The van der Waals surface area contributed by atoms with Crippen LogP contribution in [0.5, 0.6) is 0 Å². The minimum absolute atomic E-state index is 0.0135. The van der Waals surface area contributed by atoms with Crippen LogP contribution in [-0.4, -0.2) is 48.0 Å². The number of benzene rings is 1. The fraction of sp³-hybridized carbons (Fsp3) is 0.538.